The summed E-state index contributed by atoms with van der Waals surface area (Å²) in [5, 5.41) is 0. The molecular formula is C10H14N2. The lowest BCUT2D eigenvalue weighted by atomic mass is 10.0. The minimum atomic E-state index is 0.795. The lowest BCUT2D eigenvalue weighted by Gasteiger charge is -2.06. The van der Waals surface area contributed by atoms with E-state index in [0.29, 0.717) is 0 Å². The molecule has 0 saturated heterocycles. The van der Waals surface area contributed by atoms with E-state index in [1.807, 2.05) is 0 Å². The van der Waals surface area contributed by atoms with Gasteiger partial charge in [-0.25, -0.2) is 0 Å². The van der Waals surface area contributed by atoms with Crippen molar-refractivity contribution >= 4 is 0 Å². The maximum atomic E-state index is 5.30. The maximum absolute atomic E-state index is 5.30. The lowest BCUT2D eigenvalue weighted by molar-refractivity contribution is 0.734. The lowest BCUT2D eigenvalue weighted by Crippen LogP contribution is -2.21. The molecule has 0 radical (unpaired) electrons. The molecule has 0 amide bonds. The molecule has 1 aromatic rings. The zero-order valence-electron chi connectivity index (χ0n) is 7.14. The summed E-state index contributed by atoms with van der Waals surface area (Å²) in [7, 11) is 0. The van der Waals surface area contributed by atoms with E-state index >= 15 is 0 Å². The van der Waals surface area contributed by atoms with Crippen LogP contribution in [-0.2, 0) is 19.4 Å². The zero-order valence-corrected chi connectivity index (χ0v) is 7.14. The molecule has 12 heavy (non-hydrogen) atoms. The maximum Gasteiger partial charge on any atom is 0.0351 e. The quantitative estimate of drug-likeness (QED) is 0.505. The van der Waals surface area contributed by atoms with E-state index in [-0.39, 0.29) is 0 Å². The predicted molar refractivity (Wildman–Crippen MR) is 49.5 cm³/mol. The second-order valence-corrected chi connectivity index (χ2v) is 3.29. The Labute approximate surface area is 72.7 Å². The average molecular weight is 162 g/mol. The third-order valence-corrected chi connectivity index (χ3v) is 2.54. The van der Waals surface area contributed by atoms with Gasteiger partial charge in [0.1, 0.15) is 0 Å². The molecule has 1 aliphatic rings. The van der Waals surface area contributed by atoms with Crippen molar-refractivity contribution in [2.45, 2.75) is 25.8 Å². The van der Waals surface area contributed by atoms with Gasteiger partial charge in [-0.3, -0.25) is 11.3 Å². The molecular weight excluding hydrogens is 148 g/mol. The Morgan fingerprint density at radius 2 is 2.25 bits per heavy atom. The highest BCUT2D eigenvalue weighted by Gasteiger charge is 2.12. The van der Waals surface area contributed by atoms with Gasteiger partial charge in [0, 0.05) is 6.54 Å². The Morgan fingerprint density at radius 3 is 3.08 bits per heavy atom. The topological polar surface area (TPSA) is 38.0 Å². The number of hydrogen-bond donors (Lipinski definition) is 2. The molecule has 0 aliphatic heterocycles. The van der Waals surface area contributed by atoms with Crippen LogP contribution in [0.3, 0.4) is 0 Å². The van der Waals surface area contributed by atoms with Gasteiger partial charge in [-0.15, -0.1) is 0 Å². The van der Waals surface area contributed by atoms with Crippen LogP contribution in [0.4, 0.5) is 0 Å². The number of hydrogen-bond acceptors (Lipinski definition) is 2. The first-order valence-corrected chi connectivity index (χ1v) is 4.45. The molecule has 0 aromatic heterocycles. The Hall–Kier alpha value is -0.860. The summed E-state index contributed by atoms with van der Waals surface area (Å²) < 4.78 is 0. The van der Waals surface area contributed by atoms with Gasteiger partial charge in [0.15, 0.2) is 0 Å². The summed E-state index contributed by atoms with van der Waals surface area (Å²) in [6.07, 6.45) is 3.78. The number of nitrogens with one attached hydrogen (secondary N) is 1. The van der Waals surface area contributed by atoms with Gasteiger partial charge in [-0.1, -0.05) is 18.2 Å². The van der Waals surface area contributed by atoms with Crippen LogP contribution in [0.25, 0.3) is 0 Å². The first-order chi connectivity index (χ1) is 5.92. The number of nitrogens with two attached hydrogens (primary N) is 1. The summed E-state index contributed by atoms with van der Waals surface area (Å²) in [6.45, 7) is 0.795. The van der Waals surface area contributed by atoms with E-state index < -0.39 is 0 Å². The number of fused-ring (bicyclic) bond motifs is 1. The van der Waals surface area contributed by atoms with Crippen molar-refractivity contribution in [3.8, 4) is 0 Å². The normalized spacial score (nSPS) is 14.8. The highest BCUT2D eigenvalue weighted by atomic mass is 15.2. The summed E-state index contributed by atoms with van der Waals surface area (Å²) in [4.78, 5) is 0. The Balaban J connectivity index is 2.36. The molecule has 1 aliphatic carbocycles. The van der Waals surface area contributed by atoms with E-state index in [2.05, 4.69) is 23.6 Å². The van der Waals surface area contributed by atoms with Crippen LogP contribution in [0.5, 0.6) is 0 Å². The second kappa shape index (κ2) is 3.25. The van der Waals surface area contributed by atoms with Crippen molar-refractivity contribution in [1.82, 2.24) is 5.43 Å². The van der Waals surface area contributed by atoms with E-state index in [1.165, 1.54) is 36.0 Å². The standard InChI is InChI=1S/C10H14N2/c11-12-7-9-5-1-3-8-4-2-6-10(8)9/h1,3,5,12H,2,4,6-7,11H2. The van der Waals surface area contributed by atoms with Crippen LogP contribution in [-0.4, -0.2) is 0 Å². The van der Waals surface area contributed by atoms with Gasteiger partial charge in [0.25, 0.3) is 0 Å². The number of aryl methyl sites for hydroxylation is 1. The van der Waals surface area contributed by atoms with Gasteiger partial charge in [0.2, 0.25) is 0 Å². The van der Waals surface area contributed by atoms with E-state index in [9.17, 15) is 0 Å². The van der Waals surface area contributed by atoms with Crippen molar-refractivity contribution < 1.29 is 0 Å². The smallest absolute Gasteiger partial charge is 0.0351 e. The van der Waals surface area contributed by atoms with Crippen molar-refractivity contribution in [2.24, 2.45) is 5.84 Å². The Morgan fingerprint density at radius 1 is 1.33 bits per heavy atom. The van der Waals surface area contributed by atoms with Gasteiger partial charge in [-0.2, -0.15) is 0 Å². The van der Waals surface area contributed by atoms with Crippen molar-refractivity contribution in [2.75, 3.05) is 0 Å². The van der Waals surface area contributed by atoms with Crippen molar-refractivity contribution in [3.05, 3.63) is 34.9 Å². The Kier molecular flexibility index (Phi) is 2.11. The fraction of sp³-hybridized carbons (Fsp3) is 0.400. The van der Waals surface area contributed by atoms with Crippen molar-refractivity contribution in [3.63, 3.8) is 0 Å². The molecule has 64 valence electrons. The number of hydrazine groups is 1. The minimum absolute atomic E-state index is 0.795. The first-order valence-electron chi connectivity index (χ1n) is 4.45. The predicted octanol–water partition coefficient (Wildman–Crippen LogP) is 1.14. The summed E-state index contributed by atoms with van der Waals surface area (Å²) in [6, 6.07) is 6.50. The highest BCUT2D eigenvalue weighted by molar-refractivity contribution is 5.38. The van der Waals surface area contributed by atoms with Crippen LogP contribution in [0.2, 0.25) is 0 Å². The summed E-state index contributed by atoms with van der Waals surface area (Å²) in [5.41, 5.74) is 7.12. The second-order valence-electron chi connectivity index (χ2n) is 3.29. The molecule has 2 rings (SSSR count). The average Bonchev–Trinajstić information content (AvgIpc) is 2.53. The molecule has 0 atom stereocenters. The number of benzene rings is 1. The van der Waals surface area contributed by atoms with E-state index in [4.69, 9.17) is 5.84 Å². The largest absolute Gasteiger partial charge is 0.271 e. The summed E-state index contributed by atoms with van der Waals surface area (Å²) >= 11 is 0. The van der Waals surface area contributed by atoms with Crippen LogP contribution < -0.4 is 11.3 Å². The van der Waals surface area contributed by atoms with E-state index in [1.54, 1.807) is 0 Å². The molecule has 0 spiro atoms. The molecule has 2 heteroatoms. The molecule has 3 N–H and O–H groups in total. The van der Waals surface area contributed by atoms with Gasteiger partial charge in [0.05, 0.1) is 0 Å². The highest BCUT2D eigenvalue weighted by Crippen LogP contribution is 2.24. The Bertz CT molecular complexity index is 281. The van der Waals surface area contributed by atoms with Gasteiger partial charge < -0.3 is 0 Å². The number of rotatable bonds is 2. The molecule has 0 unspecified atom stereocenters. The summed E-state index contributed by atoms with van der Waals surface area (Å²) in [5.74, 6) is 5.30. The monoisotopic (exact) mass is 162 g/mol. The molecule has 0 saturated carbocycles. The SMILES string of the molecule is NNCc1cccc2c1CCC2. The van der Waals surface area contributed by atoms with E-state index in [0.717, 1.165) is 6.54 Å². The van der Waals surface area contributed by atoms with Crippen LogP contribution in [0.1, 0.15) is 23.1 Å². The molecule has 0 bridgehead atoms. The van der Waals surface area contributed by atoms with Gasteiger partial charge in [-0.05, 0) is 36.0 Å². The van der Waals surface area contributed by atoms with Crippen LogP contribution in [0.15, 0.2) is 18.2 Å². The fourth-order valence-electron chi connectivity index (χ4n) is 1.97. The third kappa shape index (κ3) is 1.24. The zero-order chi connectivity index (χ0) is 8.39. The van der Waals surface area contributed by atoms with Crippen molar-refractivity contribution in [1.29, 1.82) is 0 Å². The fourth-order valence-corrected chi connectivity index (χ4v) is 1.97. The first kappa shape index (κ1) is 7.77. The third-order valence-electron chi connectivity index (χ3n) is 2.54. The molecule has 0 fully saturated rings. The molecule has 0 heterocycles. The molecule has 2 nitrogen and oxygen atoms in total. The van der Waals surface area contributed by atoms with Crippen LogP contribution in [0, 0.1) is 0 Å². The molecule has 1 aromatic carbocycles. The van der Waals surface area contributed by atoms with Gasteiger partial charge >= 0.3 is 0 Å². The minimum Gasteiger partial charge on any atom is -0.271 e. The van der Waals surface area contributed by atoms with Crippen LogP contribution >= 0.6 is 0 Å².